The molecule has 0 saturated heterocycles. The van der Waals surface area contributed by atoms with Crippen LogP contribution in [0.15, 0.2) is 0 Å². The zero-order valence-electron chi connectivity index (χ0n) is 9.24. The molecule has 0 fully saturated rings. The lowest BCUT2D eigenvalue weighted by atomic mass is 10.0. The molecular formula is C9H11F7OS. The molecule has 0 radical (unpaired) electrons. The highest BCUT2D eigenvalue weighted by molar-refractivity contribution is 8.13. The molecule has 1 atom stereocenters. The van der Waals surface area contributed by atoms with Crippen molar-refractivity contribution in [3.05, 3.63) is 0 Å². The highest BCUT2D eigenvalue weighted by atomic mass is 32.2. The maximum Gasteiger partial charge on any atom is 0.340 e. The topological polar surface area (TPSA) is 17.1 Å². The van der Waals surface area contributed by atoms with Crippen molar-refractivity contribution >= 4 is 16.9 Å². The number of halogens is 7. The van der Waals surface area contributed by atoms with Crippen LogP contribution in [0.1, 0.15) is 19.8 Å². The summed E-state index contributed by atoms with van der Waals surface area (Å²) in [5.41, 5.74) is 0. The monoisotopic (exact) mass is 300 g/mol. The van der Waals surface area contributed by atoms with Gasteiger partial charge in [0.25, 0.3) is 0 Å². The van der Waals surface area contributed by atoms with Crippen LogP contribution in [0.2, 0.25) is 0 Å². The third kappa shape index (κ3) is 5.03. The van der Waals surface area contributed by atoms with Gasteiger partial charge in [-0.15, -0.1) is 0 Å². The molecule has 18 heavy (non-hydrogen) atoms. The van der Waals surface area contributed by atoms with E-state index in [1.54, 1.807) is 0 Å². The molecule has 1 nitrogen and oxygen atoms in total. The van der Waals surface area contributed by atoms with Crippen LogP contribution < -0.4 is 0 Å². The normalized spacial score (nSPS) is 14.9. The van der Waals surface area contributed by atoms with E-state index >= 15 is 0 Å². The summed E-state index contributed by atoms with van der Waals surface area (Å²) in [7, 11) is 0. The van der Waals surface area contributed by atoms with Gasteiger partial charge in [0, 0.05) is 25.5 Å². The maximum atomic E-state index is 13.0. The van der Waals surface area contributed by atoms with Gasteiger partial charge in [0.15, 0.2) is 11.3 Å². The van der Waals surface area contributed by atoms with Crippen molar-refractivity contribution in [2.24, 2.45) is 0 Å². The van der Waals surface area contributed by atoms with Crippen molar-refractivity contribution in [3.8, 4) is 0 Å². The highest BCUT2D eigenvalue weighted by Crippen LogP contribution is 2.43. The van der Waals surface area contributed by atoms with E-state index in [1.807, 2.05) is 0 Å². The molecular weight excluding hydrogens is 289 g/mol. The minimum absolute atomic E-state index is 0.377. The second kappa shape index (κ2) is 6.63. The van der Waals surface area contributed by atoms with E-state index in [9.17, 15) is 35.5 Å². The van der Waals surface area contributed by atoms with Crippen molar-refractivity contribution in [1.82, 2.24) is 0 Å². The highest BCUT2D eigenvalue weighted by Gasteiger charge is 2.61. The molecule has 0 spiro atoms. The standard InChI is InChI=1S/C9H11F7OS/c1-5(17)18-3-2-8(13,14)9(15,16)6(10)4-7(11)12/h6-7H,2-4H2,1H3. The van der Waals surface area contributed by atoms with Crippen LogP contribution in [-0.2, 0) is 4.79 Å². The predicted molar refractivity (Wildman–Crippen MR) is 53.2 cm³/mol. The van der Waals surface area contributed by atoms with Crippen LogP contribution in [0.25, 0.3) is 0 Å². The van der Waals surface area contributed by atoms with E-state index in [0.717, 1.165) is 6.92 Å². The number of hydrogen-bond acceptors (Lipinski definition) is 2. The van der Waals surface area contributed by atoms with Gasteiger partial charge in [-0.1, -0.05) is 11.8 Å². The first-order valence-electron chi connectivity index (χ1n) is 4.82. The molecule has 0 rings (SSSR count). The molecule has 0 aromatic rings. The summed E-state index contributed by atoms with van der Waals surface area (Å²) in [6.07, 6.45) is -10.5. The van der Waals surface area contributed by atoms with E-state index < -0.39 is 48.2 Å². The summed E-state index contributed by atoms with van der Waals surface area (Å²) >= 11 is 0.377. The largest absolute Gasteiger partial charge is 0.340 e. The van der Waals surface area contributed by atoms with Crippen LogP contribution in [0, 0.1) is 0 Å². The van der Waals surface area contributed by atoms with E-state index in [1.165, 1.54) is 0 Å². The summed E-state index contributed by atoms with van der Waals surface area (Å²) in [4.78, 5) is 10.4. The molecule has 108 valence electrons. The molecule has 0 N–H and O–H groups in total. The van der Waals surface area contributed by atoms with E-state index in [2.05, 4.69) is 0 Å². The lowest BCUT2D eigenvalue weighted by molar-refractivity contribution is -0.243. The van der Waals surface area contributed by atoms with E-state index in [0.29, 0.717) is 11.8 Å². The van der Waals surface area contributed by atoms with Gasteiger partial charge in [0.2, 0.25) is 6.43 Å². The number of rotatable bonds is 7. The second-order valence-electron chi connectivity index (χ2n) is 3.51. The van der Waals surface area contributed by atoms with E-state index in [-0.39, 0.29) is 0 Å². The molecule has 0 heterocycles. The van der Waals surface area contributed by atoms with Crippen molar-refractivity contribution < 1.29 is 35.5 Å². The van der Waals surface area contributed by atoms with Crippen LogP contribution >= 0.6 is 11.8 Å². The lowest BCUT2D eigenvalue weighted by Gasteiger charge is -2.28. The number of thioether (sulfide) groups is 1. The predicted octanol–water partition coefficient (Wildman–Crippen LogP) is 3.92. The summed E-state index contributed by atoms with van der Waals surface area (Å²) in [6, 6.07) is 0. The quantitative estimate of drug-likeness (QED) is 0.663. The Labute approximate surface area is 103 Å². The van der Waals surface area contributed by atoms with Crippen LogP contribution in [-0.4, -0.2) is 35.3 Å². The Hall–Kier alpha value is -0.470. The smallest absolute Gasteiger partial charge is 0.288 e. The fourth-order valence-electron chi connectivity index (χ4n) is 1.02. The average molecular weight is 300 g/mol. The summed E-state index contributed by atoms with van der Waals surface area (Å²) in [6.45, 7) is 1.05. The SMILES string of the molecule is CC(=O)SCCC(F)(F)C(F)(F)C(F)CC(F)F. The Morgan fingerprint density at radius 3 is 2.06 bits per heavy atom. The fraction of sp³-hybridized carbons (Fsp3) is 0.889. The van der Waals surface area contributed by atoms with Gasteiger partial charge >= 0.3 is 11.8 Å². The van der Waals surface area contributed by atoms with Crippen LogP contribution in [0.5, 0.6) is 0 Å². The Bertz CT molecular complexity index is 282. The fourth-order valence-corrected chi connectivity index (χ4v) is 1.67. The molecule has 0 aromatic carbocycles. The number of carbonyl (C=O) groups is 1. The summed E-state index contributed by atoms with van der Waals surface area (Å²) in [5, 5.41) is -0.557. The molecule has 0 aliphatic carbocycles. The minimum atomic E-state index is -5.18. The van der Waals surface area contributed by atoms with Gasteiger partial charge < -0.3 is 0 Å². The zero-order valence-corrected chi connectivity index (χ0v) is 10.1. The third-order valence-corrected chi connectivity index (χ3v) is 2.80. The number of carbonyl (C=O) groups excluding carboxylic acids is 1. The van der Waals surface area contributed by atoms with E-state index in [4.69, 9.17) is 0 Å². The molecule has 0 amide bonds. The van der Waals surface area contributed by atoms with Crippen molar-refractivity contribution in [2.45, 2.75) is 44.2 Å². The van der Waals surface area contributed by atoms with Gasteiger partial charge in [-0.2, -0.15) is 17.6 Å². The van der Waals surface area contributed by atoms with Gasteiger partial charge in [0.1, 0.15) is 0 Å². The Kier molecular flexibility index (Phi) is 6.45. The molecule has 0 saturated carbocycles. The molecule has 0 aliphatic rings. The maximum absolute atomic E-state index is 13.0. The molecule has 0 aliphatic heterocycles. The van der Waals surface area contributed by atoms with Gasteiger partial charge in [-0.05, 0) is 0 Å². The molecule has 0 aromatic heterocycles. The number of hydrogen-bond donors (Lipinski definition) is 0. The summed E-state index contributed by atoms with van der Waals surface area (Å²) in [5.74, 6) is -10.6. The number of alkyl halides is 7. The van der Waals surface area contributed by atoms with Crippen LogP contribution in [0.3, 0.4) is 0 Å². The zero-order chi connectivity index (χ0) is 14.6. The van der Waals surface area contributed by atoms with Crippen molar-refractivity contribution in [3.63, 3.8) is 0 Å². The Balaban J connectivity index is 4.57. The first-order valence-corrected chi connectivity index (χ1v) is 5.80. The second-order valence-corrected chi connectivity index (χ2v) is 4.78. The lowest BCUT2D eigenvalue weighted by Crippen LogP contribution is -2.48. The molecule has 0 bridgehead atoms. The average Bonchev–Trinajstić information content (AvgIpc) is 2.14. The van der Waals surface area contributed by atoms with Crippen molar-refractivity contribution in [2.75, 3.05) is 5.75 Å². The third-order valence-electron chi connectivity index (χ3n) is 1.99. The molecule has 9 heteroatoms. The first kappa shape index (κ1) is 17.5. The first-order chi connectivity index (χ1) is 8.00. The minimum Gasteiger partial charge on any atom is -0.288 e. The molecule has 1 unspecified atom stereocenters. The van der Waals surface area contributed by atoms with Gasteiger partial charge in [-0.3, -0.25) is 4.79 Å². The van der Waals surface area contributed by atoms with Gasteiger partial charge in [-0.25, -0.2) is 13.2 Å². The summed E-state index contributed by atoms with van der Waals surface area (Å²) < 4.78 is 88.0. The Morgan fingerprint density at radius 1 is 1.17 bits per heavy atom. The van der Waals surface area contributed by atoms with Gasteiger partial charge in [0.05, 0.1) is 0 Å². The Morgan fingerprint density at radius 2 is 1.67 bits per heavy atom. The van der Waals surface area contributed by atoms with Crippen molar-refractivity contribution in [1.29, 1.82) is 0 Å². The van der Waals surface area contributed by atoms with Crippen LogP contribution in [0.4, 0.5) is 30.7 Å².